The summed E-state index contributed by atoms with van der Waals surface area (Å²) in [5.74, 6) is -3.47. The number of carbonyl (C=O) groups is 4. The molecule has 226 valence electrons. The summed E-state index contributed by atoms with van der Waals surface area (Å²) in [5.41, 5.74) is -0.648. The first kappa shape index (κ1) is 30.0. The van der Waals surface area contributed by atoms with Crippen LogP contribution in [0.3, 0.4) is 0 Å². The van der Waals surface area contributed by atoms with E-state index in [4.69, 9.17) is 9.47 Å². The number of benzene rings is 1. The van der Waals surface area contributed by atoms with Gasteiger partial charge in [-0.1, -0.05) is 68.0 Å². The Kier molecular flexibility index (Phi) is 8.84. The third-order valence-electron chi connectivity index (χ3n) is 9.00. The summed E-state index contributed by atoms with van der Waals surface area (Å²) < 4.78 is 12.5. The van der Waals surface area contributed by atoms with Crippen LogP contribution >= 0.6 is 0 Å². The van der Waals surface area contributed by atoms with Gasteiger partial charge in [-0.2, -0.15) is 0 Å². The van der Waals surface area contributed by atoms with Gasteiger partial charge in [-0.05, 0) is 32.3 Å². The van der Waals surface area contributed by atoms with Crippen molar-refractivity contribution in [1.29, 1.82) is 0 Å². The first-order valence-electron chi connectivity index (χ1n) is 15.0. The van der Waals surface area contributed by atoms with Gasteiger partial charge in [0.05, 0.1) is 31.2 Å². The lowest BCUT2D eigenvalue weighted by atomic mass is 9.74. The van der Waals surface area contributed by atoms with E-state index >= 15 is 0 Å². The van der Waals surface area contributed by atoms with E-state index in [1.807, 2.05) is 56.3 Å². The summed E-state index contributed by atoms with van der Waals surface area (Å²) in [7, 11) is 0. The van der Waals surface area contributed by atoms with E-state index < -0.39 is 53.6 Å². The summed E-state index contributed by atoms with van der Waals surface area (Å²) >= 11 is 0. The normalized spacial score (nSPS) is 33.8. The van der Waals surface area contributed by atoms with Gasteiger partial charge in [-0.25, -0.2) is 0 Å². The van der Waals surface area contributed by atoms with Crippen LogP contribution in [0.1, 0.15) is 58.1 Å². The molecule has 10 nitrogen and oxygen atoms in total. The molecule has 1 aromatic carbocycles. The molecule has 0 saturated carbocycles. The number of fused-ring (bicyclic) bond motifs is 2. The number of ether oxygens (including phenoxy) is 2. The lowest BCUT2D eigenvalue weighted by Gasteiger charge is -2.39. The van der Waals surface area contributed by atoms with Gasteiger partial charge in [-0.3, -0.25) is 19.2 Å². The molecule has 4 heterocycles. The molecule has 2 fully saturated rings. The second-order valence-electron chi connectivity index (χ2n) is 11.8. The van der Waals surface area contributed by atoms with Crippen LogP contribution in [0.25, 0.3) is 0 Å². The van der Waals surface area contributed by atoms with E-state index in [-0.39, 0.29) is 37.4 Å². The Morgan fingerprint density at radius 3 is 2.55 bits per heavy atom. The van der Waals surface area contributed by atoms with Crippen LogP contribution in [0.15, 0.2) is 54.6 Å². The Labute approximate surface area is 246 Å². The number of allylic oxidation sites excluding steroid dienone is 1. The first-order chi connectivity index (χ1) is 20.2. The van der Waals surface area contributed by atoms with E-state index in [0.717, 1.165) is 12.8 Å². The third kappa shape index (κ3) is 5.26. The molecule has 1 unspecified atom stereocenters. The maximum absolute atomic E-state index is 14.5. The number of cyclic esters (lactones) is 1. The Hall–Kier alpha value is -3.50. The van der Waals surface area contributed by atoms with Crippen LogP contribution in [-0.4, -0.2) is 88.1 Å². The number of esters is 1. The molecular weight excluding hydrogens is 538 g/mol. The fourth-order valence-corrected chi connectivity index (χ4v) is 6.87. The first-order valence-corrected chi connectivity index (χ1v) is 15.0. The van der Waals surface area contributed by atoms with Crippen LogP contribution in [0.2, 0.25) is 0 Å². The summed E-state index contributed by atoms with van der Waals surface area (Å²) in [6, 6.07) is 7.29. The van der Waals surface area contributed by atoms with E-state index in [9.17, 15) is 24.3 Å². The number of hydrogen-bond donors (Lipinski definition) is 2. The highest BCUT2D eigenvalue weighted by Gasteiger charge is 2.74. The summed E-state index contributed by atoms with van der Waals surface area (Å²) in [4.78, 5) is 58.4. The van der Waals surface area contributed by atoms with Crippen molar-refractivity contribution in [2.75, 3.05) is 19.7 Å². The molecule has 4 aliphatic heterocycles. The molecule has 4 aliphatic rings. The van der Waals surface area contributed by atoms with Crippen molar-refractivity contribution in [1.82, 2.24) is 15.1 Å². The fourth-order valence-electron chi connectivity index (χ4n) is 6.87. The van der Waals surface area contributed by atoms with Gasteiger partial charge < -0.3 is 29.7 Å². The molecule has 0 aliphatic carbocycles. The zero-order valence-electron chi connectivity index (χ0n) is 24.5. The van der Waals surface area contributed by atoms with Crippen LogP contribution in [0.4, 0.5) is 0 Å². The van der Waals surface area contributed by atoms with Gasteiger partial charge in [-0.15, -0.1) is 0 Å². The van der Waals surface area contributed by atoms with E-state index in [1.54, 1.807) is 24.0 Å². The number of carbonyl (C=O) groups excluding carboxylic acids is 4. The van der Waals surface area contributed by atoms with Gasteiger partial charge in [0.15, 0.2) is 0 Å². The van der Waals surface area contributed by atoms with Crippen LogP contribution in [0.5, 0.6) is 0 Å². The zero-order valence-corrected chi connectivity index (χ0v) is 24.5. The second kappa shape index (κ2) is 12.4. The lowest BCUT2D eigenvalue weighted by molar-refractivity contribution is -0.160. The molecule has 3 amide bonds. The molecule has 5 bridgehead atoms. The number of aliphatic hydroxyl groups excluding tert-OH is 1. The molecule has 42 heavy (non-hydrogen) atoms. The number of hydrogen-bond acceptors (Lipinski definition) is 7. The highest BCUT2D eigenvalue weighted by Crippen LogP contribution is 2.56. The van der Waals surface area contributed by atoms with Gasteiger partial charge >= 0.3 is 5.97 Å². The lowest BCUT2D eigenvalue weighted by Crippen LogP contribution is -2.59. The molecule has 1 aromatic rings. The molecule has 10 heteroatoms. The van der Waals surface area contributed by atoms with Crippen LogP contribution in [-0.2, 0) is 28.7 Å². The highest BCUT2D eigenvalue weighted by molar-refractivity contribution is 5.99. The molecular formula is C32H41N3O7. The Morgan fingerprint density at radius 1 is 1.07 bits per heavy atom. The minimum Gasteiger partial charge on any atom is -0.455 e. The quantitative estimate of drug-likeness (QED) is 0.391. The minimum absolute atomic E-state index is 0.0766. The highest BCUT2D eigenvalue weighted by atomic mass is 16.6. The SMILES string of the molecule is CCCC(C)N1C/C=C\CCC(=O)NC[C@@H](c2ccccc2)OC(=O)[C@@H]2[C@@H]3C=C[C@]4(O3)[C@H](C1=O)N([C@H](C)CO)C(=O)[C@@H]24. The Balaban J connectivity index is 1.57. The average Bonchev–Trinajstić information content (AvgIpc) is 3.63. The van der Waals surface area contributed by atoms with Gasteiger partial charge in [0.1, 0.15) is 23.7 Å². The molecule has 0 radical (unpaired) electrons. The Morgan fingerprint density at radius 2 is 1.83 bits per heavy atom. The van der Waals surface area contributed by atoms with Gasteiger partial charge in [0.2, 0.25) is 17.7 Å². The minimum atomic E-state index is -1.36. The van der Waals surface area contributed by atoms with Crippen molar-refractivity contribution in [2.24, 2.45) is 11.8 Å². The average molecular weight is 580 g/mol. The number of amides is 3. The molecule has 2 saturated heterocycles. The maximum atomic E-state index is 14.5. The molecule has 2 N–H and O–H groups in total. The van der Waals surface area contributed by atoms with Crippen LogP contribution in [0, 0.1) is 11.8 Å². The van der Waals surface area contributed by atoms with Crippen molar-refractivity contribution >= 4 is 23.7 Å². The summed E-state index contributed by atoms with van der Waals surface area (Å²) in [5, 5.41) is 13.0. The number of nitrogens with one attached hydrogen (secondary N) is 1. The smallest absolute Gasteiger partial charge is 0.313 e. The molecule has 0 aromatic heterocycles. The van der Waals surface area contributed by atoms with Gasteiger partial charge in [0, 0.05) is 19.0 Å². The molecule has 5 rings (SSSR count). The topological polar surface area (TPSA) is 125 Å². The number of nitrogens with zero attached hydrogens (tertiary/aromatic N) is 2. The number of aliphatic hydroxyl groups is 1. The largest absolute Gasteiger partial charge is 0.455 e. The van der Waals surface area contributed by atoms with E-state index in [2.05, 4.69) is 5.32 Å². The van der Waals surface area contributed by atoms with Crippen molar-refractivity contribution in [2.45, 2.75) is 82.4 Å². The predicted molar refractivity (Wildman–Crippen MR) is 154 cm³/mol. The second-order valence-corrected chi connectivity index (χ2v) is 11.8. The molecule has 1 spiro atoms. The van der Waals surface area contributed by atoms with Crippen LogP contribution < -0.4 is 5.32 Å². The molecule has 8 atom stereocenters. The van der Waals surface area contributed by atoms with Crippen molar-refractivity contribution in [3.05, 3.63) is 60.2 Å². The monoisotopic (exact) mass is 579 g/mol. The van der Waals surface area contributed by atoms with Gasteiger partial charge in [0.25, 0.3) is 0 Å². The standard InChI is InChI=1S/C32H41N3O7/c1-4-11-20(2)34-17-10-6-9-14-25(37)33-18-24(22-12-7-5-8-13-22)41-31(40)26-23-15-16-32(42-23)27(26)29(38)35(21(3)19-36)28(32)30(34)39/h5-8,10,12-13,15-16,20-21,23-24,26-28,36H,4,9,11,14,17-19H2,1-3H3,(H,33,37)/b10-6-/t20?,21-,23+,24+,26-,27-,28+,32-/m1/s1. The summed E-state index contributed by atoms with van der Waals surface area (Å²) in [6.07, 6.45) is 8.09. The number of likely N-dealkylation sites (tertiary alicyclic amines) is 1. The Bertz CT molecular complexity index is 1250. The van der Waals surface area contributed by atoms with Crippen molar-refractivity contribution in [3.63, 3.8) is 0 Å². The van der Waals surface area contributed by atoms with E-state index in [1.165, 1.54) is 4.90 Å². The fraction of sp³-hybridized carbons (Fsp3) is 0.562. The van der Waals surface area contributed by atoms with Crippen molar-refractivity contribution in [3.8, 4) is 0 Å². The maximum Gasteiger partial charge on any atom is 0.313 e. The number of rotatable bonds is 6. The third-order valence-corrected chi connectivity index (χ3v) is 9.00. The van der Waals surface area contributed by atoms with E-state index in [0.29, 0.717) is 18.5 Å². The predicted octanol–water partition coefficient (Wildman–Crippen LogP) is 2.29. The van der Waals surface area contributed by atoms with Crippen molar-refractivity contribution < 1.29 is 33.8 Å². The summed E-state index contributed by atoms with van der Waals surface area (Å²) in [6.45, 7) is 5.74. The zero-order chi connectivity index (χ0) is 30.0.